The first-order chi connectivity index (χ1) is 8.70. The number of amides is 2. The van der Waals surface area contributed by atoms with E-state index in [0.717, 1.165) is 12.8 Å². The van der Waals surface area contributed by atoms with Crippen LogP contribution in [-0.4, -0.2) is 29.7 Å². The van der Waals surface area contributed by atoms with Crippen LogP contribution >= 0.6 is 0 Å². The van der Waals surface area contributed by atoms with Crippen molar-refractivity contribution in [2.75, 3.05) is 6.54 Å². The van der Waals surface area contributed by atoms with Gasteiger partial charge >= 0.3 is 12.0 Å². The van der Waals surface area contributed by atoms with Gasteiger partial charge in [0.15, 0.2) is 0 Å². The summed E-state index contributed by atoms with van der Waals surface area (Å²) in [6.07, 6.45) is 3.21. The van der Waals surface area contributed by atoms with Crippen LogP contribution in [0.5, 0.6) is 0 Å². The molecule has 0 bridgehead atoms. The monoisotopic (exact) mass is 270 g/mol. The first-order valence-electron chi connectivity index (χ1n) is 6.98. The minimum atomic E-state index is -0.940. The van der Waals surface area contributed by atoms with Gasteiger partial charge in [0.2, 0.25) is 0 Å². The van der Waals surface area contributed by atoms with Crippen molar-refractivity contribution in [2.24, 2.45) is 17.3 Å². The molecule has 2 unspecified atom stereocenters. The van der Waals surface area contributed by atoms with Gasteiger partial charge in [0.05, 0.1) is 5.41 Å². The lowest BCUT2D eigenvalue weighted by Gasteiger charge is -2.32. The summed E-state index contributed by atoms with van der Waals surface area (Å²) in [5.41, 5.74) is -0.940. The first-order valence-corrected chi connectivity index (χ1v) is 6.98. The minimum absolute atomic E-state index is 0.131. The van der Waals surface area contributed by atoms with Crippen molar-refractivity contribution in [3.05, 3.63) is 0 Å². The van der Waals surface area contributed by atoms with Crippen LogP contribution in [0, 0.1) is 17.3 Å². The molecule has 0 aromatic carbocycles. The maximum atomic E-state index is 11.8. The number of carbonyl (C=O) groups is 2. The molecule has 1 fully saturated rings. The van der Waals surface area contributed by atoms with Crippen molar-refractivity contribution in [2.45, 2.75) is 53.0 Å². The topological polar surface area (TPSA) is 78.4 Å². The number of nitrogens with one attached hydrogen (secondary N) is 2. The predicted molar refractivity (Wildman–Crippen MR) is 73.9 cm³/mol. The van der Waals surface area contributed by atoms with Crippen molar-refractivity contribution < 1.29 is 14.7 Å². The van der Waals surface area contributed by atoms with Crippen LogP contribution in [-0.2, 0) is 4.79 Å². The summed E-state index contributed by atoms with van der Waals surface area (Å²) < 4.78 is 0. The third-order valence-corrected chi connectivity index (χ3v) is 3.78. The predicted octanol–water partition coefficient (Wildman–Crippen LogP) is 2.22. The lowest BCUT2D eigenvalue weighted by Crippen LogP contribution is -2.48. The van der Waals surface area contributed by atoms with E-state index in [9.17, 15) is 9.59 Å². The molecule has 0 aromatic heterocycles. The highest BCUT2D eigenvalue weighted by Crippen LogP contribution is 2.28. The Bertz CT molecular complexity index is 332. The fourth-order valence-corrected chi connectivity index (χ4v) is 2.68. The third kappa shape index (κ3) is 5.09. The molecule has 19 heavy (non-hydrogen) atoms. The Balaban J connectivity index is 2.37. The van der Waals surface area contributed by atoms with Crippen LogP contribution in [0.25, 0.3) is 0 Å². The van der Waals surface area contributed by atoms with Crippen molar-refractivity contribution in [1.29, 1.82) is 0 Å². The summed E-state index contributed by atoms with van der Waals surface area (Å²) in [7, 11) is 0. The Morgan fingerprint density at radius 1 is 1.16 bits per heavy atom. The van der Waals surface area contributed by atoms with Crippen molar-refractivity contribution in [3.63, 3.8) is 0 Å². The summed E-state index contributed by atoms with van der Waals surface area (Å²) in [4.78, 5) is 22.7. The van der Waals surface area contributed by atoms with Crippen molar-refractivity contribution >= 4 is 12.0 Å². The zero-order chi connectivity index (χ0) is 14.6. The largest absolute Gasteiger partial charge is 0.481 e. The summed E-state index contributed by atoms with van der Waals surface area (Å²) in [6.45, 7) is 7.73. The maximum absolute atomic E-state index is 11.8. The molecule has 110 valence electrons. The Kier molecular flexibility index (Phi) is 5.20. The van der Waals surface area contributed by atoms with Crippen LogP contribution in [0.15, 0.2) is 0 Å². The van der Waals surface area contributed by atoms with E-state index in [1.165, 1.54) is 6.42 Å². The summed E-state index contributed by atoms with van der Waals surface area (Å²) in [5, 5.41) is 14.6. The summed E-state index contributed by atoms with van der Waals surface area (Å²) in [6, 6.07) is -0.0627. The van der Waals surface area contributed by atoms with Crippen LogP contribution < -0.4 is 10.6 Å². The number of carbonyl (C=O) groups excluding carboxylic acids is 1. The molecule has 0 heterocycles. The molecule has 3 N–H and O–H groups in total. The molecule has 5 heteroatoms. The third-order valence-electron chi connectivity index (χ3n) is 3.78. The van der Waals surface area contributed by atoms with Crippen LogP contribution in [0.3, 0.4) is 0 Å². The van der Waals surface area contributed by atoms with E-state index in [4.69, 9.17) is 5.11 Å². The van der Waals surface area contributed by atoms with Gasteiger partial charge in [-0.1, -0.05) is 13.8 Å². The van der Waals surface area contributed by atoms with Gasteiger partial charge in [-0.3, -0.25) is 4.79 Å². The number of rotatable bonds is 4. The zero-order valence-electron chi connectivity index (χ0n) is 12.3. The fraction of sp³-hybridized carbons (Fsp3) is 0.857. The second kappa shape index (κ2) is 6.26. The maximum Gasteiger partial charge on any atom is 0.315 e. The molecule has 2 atom stereocenters. The minimum Gasteiger partial charge on any atom is -0.481 e. The highest BCUT2D eigenvalue weighted by atomic mass is 16.4. The van der Waals surface area contributed by atoms with E-state index < -0.39 is 11.4 Å². The van der Waals surface area contributed by atoms with Crippen LogP contribution in [0.2, 0.25) is 0 Å². The van der Waals surface area contributed by atoms with Gasteiger partial charge in [0, 0.05) is 12.6 Å². The highest BCUT2D eigenvalue weighted by molar-refractivity contribution is 5.77. The molecule has 0 radical (unpaired) electrons. The van der Waals surface area contributed by atoms with E-state index >= 15 is 0 Å². The van der Waals surface area contributed by atoms with Gasteiger partial charge in [0.25, 0.3) is 0 Å². The Morgan fingerprint density at radius 3 is 2.16 bits per heavy atom. The molecule has 0 aromatic rings. The molecular weight excluding hydrogens is 244 g/mol. The van der Waals surface area contributed by atoms with Crippen molar-refractivity contribution in [3.8, 4) is 0 Å². The molecule has 0 saturated heterocycles. The van der Waals surface area contributed by atoms with E-state index in [0.29, 0.717) is 11.8 Å². The van der Waals surface area contributed by atoms with Crippen LogP contribution in [0.1, 0.15) is 47.0 Å². The molecular formula is C14H26N2O3. The second-order valence-electron chi connectivity index (χ2n) is 6.63. The lowest BCUT2D eigenvalue weighted by molar-refractivity contribution is -0.146. The Labute approximate surface area is 115 Å². The normalized spacial score (nSPS) is 27.7. The van der Waals surface area contributed by atoms with Gasteiger partial charge < -0.3 is 15.7 Å². The average Bonchev–Trinajstić information content (AvgIpc) is 2.24. The van der Waals surface area contributed by atoms with Gasteiger partial charge in [-0.05, 0) is 44.9 Å². The smallest absolute Gasteiger partial charge is 0.315 e. The Morgan fingerprint density at radius 2 is 1.68 bits per heavy atom. The van der Waals surface area contributed by atoms with E-state index in [-0.39, 0.29) is 18.6 Å². The van der Waals surface area contributed by atoms with Crippen LogP contribution in [0.4, 0.5) is 4.79 Å². The van der Waals surface area contributed by atoms with Gasteiger partial charge in [-0.15, -0.1) is 0 Å². The number of aliphatic carboxylic acids is 1. The molecule has 1 aliphatic carbocycles. The molecule has 1 rings (SSSR count). The van der Waals surface area contributed by atoms with Crippen molar-refractivity contribution in [1.82, 2.24) is 10.6 Å². The average molecular weight is 270 g/mol. The molecule has 2 amide bonds. The highest BCUT2D eigenvalue weighted by Gasteiger charge is 2.29. The fourth-order valence-electron chi connectivity index (χ4n) is 2.68. The van der Waals surface area contributed by atoms with E-state index in [2.05, 4.69) is 24.5 Å². The molecule has 0 spiro atoms. The summed E-state index contributed by atoms with van der Waals surface area (Å²) in [5.74, 6) is 0.349. The quantitative estimate of drug-likeness (QED) is 0.733. The number of urea groups is 1. The first kappa shape index (κ1) is 15.8. The van der Waals surface area contributed by atoms with Gasteiger partial charge in [-0.25, -0.2) is 4.79 Å². The SMILES string of the molecule is CC1CC(C)CC(NC(=O)NCC(C)(C)C(=O)O)C1. The number of carboxylic acid groups (broad SMARTS) is 1. The van der Waals surface area contributed by atoms with Gasteiger partial charge in [-0.2, -0.15) is 0 Å². The zero-order valence-corrected chi connectivity index (χ0v) is 12.3. The standard InChI is InChI=1S/C14H26N2O3/c1-9-5-10(2)7-11(6-9)16-13(19)15-8-14(3,4)12(17)18/h9-11H,5-8H2,1-4H3,(H,17,18)(H2,15,16,19). The molecule has 1 aliphatic rings. The Hall–Kier alpha value is -1.26. The number of carboxylic acids is 1. The molecule has 1 saturated carbocycles. The van der Waals surface area contributed by atoms with E-state index in [1.54, 1.807) is 13.8 Å². The number of hydrogen-bond acceptors (Lipinski definition) is 2. The second-order valence-corrected chi connectivity index (χ2v) is 6.63. The lowest BCUT2D eigenvalue weighted by atomic mass is 9.80. The van der Waals surface area contributed by atoms with E-state index in [1.807, 2.05) is 0 Å². The van der Waals surface area contributed by atoms with Gasteiger partial charge in [0.1, 0.15) is 0 Å². The number of hydrogen-bond donors (Lipinski definition) is 3. The summed E-state index contributed by atoms with van der Waals surface area (Å²) >= 11 is 0. The molecule has 5 nitrogen and oxygen atoms in total. The molecule has 0 aliphatic heterocycles.